The zero-order valence-electron chi connectivity index (χ0n) is 62.1. The molecule has 584 valence electrons. The zero-order chi connectivity index (χ0) is 78.0. The summed E-state index contributed by atoms with van der Waals surface area (Å²) < 4.78 is 60.4. The number of anilines is 1. The van der Waals surface area contributed by atoms with Gasteiger partial charge in [-0.2, -0.15) is 0 Å². The highest BCUT2D eigenvalue weighted by Crippen LogP contribution is 2.64. The van der Waals surface area contributed by atoms with E-state index in [1.807, 2.05) is 36.4 Å². The number of carboxylic acids is 1. The lowest BCUT2D eigenvalue weighted by Crippen LogP contribution is -2.82. The molecule has 5 aromatic rings. The number of hydrogen-bond acceptors (Lipinski definition) is 24. The summed E-state index contributed by atoms with van der Waals surface area (Å²) >= 11 is 0. The van der Waals surface area contributed by atoms with Crippen molar-refractivity contribution in [2.75, 3.05) is 77.8 Å². The number of aliphatic hydroxyl groups is 2. The number of esters is 5. The third-order valence-electron chi connectivity index (χ3n) is 21.2. The molecule has 2 aliphatic heterocycles. The van der Waals surface area contributed by atoms with Gasteiger partial charge < -0.3 is 83.5 Å². The molecule has 28 heteroatoms. The number of aliphatic carboxylic acids is 1. The van der Waals surface area contributed by atoms with Crippen LogP contribution >= 0.6 is 0 Å². The summed E-state index contributed by atoms with van der Waals surface area (Å²) in [4.78, 5) is 146. The molecule has 109 heavy (non-hydrogen) atoms. The number of carbonyl (C=O) groups excluding carboxylic acids is 9. The predicted octanol–water partition coefficient (Wildman–Crippen LogP) is 6.96. The van der Waals surface area contributed by atoms with Gasteiger partial charge in [0.05, 0.1) is 81.4 Å². The van der Waals surface area contributed by atoms with Crippen LogP contribution in [0.25, 0.3) is 0 Å². The fourth-order valence-corrected chi connectivity index (χ4v) is 15.5. The number of amides is 3. The third-order valence-corrected chi connectivity index (χ3v) is 21.2. The van der Waals surface area contributed by atoms with Crippen molar-refractivity contribution < 1.29 is 111 Å². The van der Waals surface area contributed by atoms with Gasteiger partial charge in [-0.3, -0.25) is 38.4 Å². The number of ketones is 1. The molecule has 5 aliphatic rings. The minimum absolute atomic E-state index is 0.0117. The normalized spacial score (nSPS) is 24.4. The number of hydrogen-bond donors (Lipinski definition) is 6. The van der Waals surface area contributed by atoms with Gasteiger partial charge in [0.15, 0.2) is 17.5 Å². The molecule has 0 radical (unpaired) electrons. The molecule has 0 spiro atoms. The Balaban J connectivity index is 0.749. The van der Waals surface area contributed by atoms with Crippen LogP contribution in [0.15, 0.2) is 145 Å². The maximum absolute atomic E-state index is 15.9. The van der Waals surface area contributed by atoms with Gasteiger partial charge in [-0.15, -0.1) is 0 Å². The third kappa shape index (κ3) is 19.4. The summed E-state index contributed by atoms with van der Waals surface area (Å²) in [5, 5.41) is 45.0. The second-order valence-electron chi connectivity index (χ2n) is 28.7. The summed E-state index contributed by atoms with van der Waals surface area (Å²) in [6.45, 7) is 11.3. The van der Waals surface area contributed by atoms with Crippen LogP contribution < -0.4 is 20.7 Å². The smallest absolute Gasteiger partial charge is 0.350 e. The number of aromatic nitrogens is 1. The zero-order valence-corrected chi connectivity index (χ0v) is 62.1. The Labute approximate surface area is 632 Å². The van der Waals surface area contributed by atoms with E-state index in [9.17, 15) is 53.7 Å². The molecule has 6 N–H and O–H groups in total. The number of Topliss-reactive ketones (excluding diaryl/α,β-unsaturated/α-hetero) is 1. The highest BCUT2D eigenvalue weighted by atomic mass is 16.6. The van der Waals surface area contributed by atoms with Crippen LogP contribution in [-0.4, -0.2) is 205 Å². The lowest BCUT2D eigenvalue weighted by molar-refractivity contribution is -0.346. The van der Waals surface area contributed by atoms with E-state index in [4.69, 9.17) is 47.4 Å². The number of nitrogens with one attached hydrogen (secondary N) is 3. The van der Waals surface area contributed by atoms with Gasteiger partial charge in [-0.05, 0) is 116 Å². The molecule has 1 saturated heterocycles. The number of fused-ring (bicyclic) bond motifs is 6. The number of rotatable bonds is 36. The molecule has 12 atom stereocenters. The fourth-order valence-electron chi connectivity index (χ4n) is 15.5. The molecule has 1 aromatic heterocycles. The number of aliphatic hydroxyl groups excluding tert-OH is 1. The lowest BCUT2D eigenvalue weighted by atomic mass is 9.44. The first-order valence-corrected chi connectivity index (χ1v) is 36.9. The summed E-state index contributed by atoms with van der Waals surface area (Å²) in [7, 11) is 0. The number of pyridine rings is 1. The summed E-state index contributed by atoms with van der Waals surface area (Å²) in [5.74, 6) is -9.51. The minimum atomic E-state index is -2.54. The molecule has 28 nitrogen and oxygen atoms in total. The summed E-state index contributed by atoms with van der Waals surface area (Å²) in [5.41, 5.74) is -6.12. The highest BCUT2D eigenvalue weighted by molar-refractivity contribution is 5.97. The van der Waals surface area contributed by atoms with E-state index >= 15 is 9.59 Å². The minimum Gasteiger partial charge on any atom is -0.494 e. The van der Waals surface area contributed by atoms with Crippen molar-refractivity contribution in [2.45, 2.75) is 160 Å². The predicted molar refractivity (Wildman–Crippen MR) is 390 cm³/mol. The second kappa shape index (κ2) is 37.0. The van der Waals surface area contributed by atoms with Crippen LogP contribution in [-0.2, 0) is 94.0 Å². The number of benzene rings is 4. The quantitative estimate of drug-likeness (QED) is 0.0102. The molecular formula is C81H97N5O23. The molecule has 2 bridgehead atoms. The van der Waals surface area contributed by atoms with Gasteiger partial charge in [0.25, 0.3) is 5.91 Å². The molecule has 3 aliphatic carbocycles. The topological polar surface area (TPSA) is 376 Å². The SMILES string of the molecule is CC(=O)O[C@H]1C(=O)[C@@]2(C)[C@H]([C@H](OC(=O)c3ccccc3)[C@]3(O)C[C@H](OC(=O)[C@H](OC(=O)CCC(=O)NCCCOCCOCCOCCCN4Cc5cc(OCCCNc6ccccn6)ccc5CC(CC(=O)O)C4=O)[C@@H](NC(=O)c4ccccc4)c4ccccc4)C(C)=C1C3(C)C)[C@]1(OC(C)=O)CO[C@@H]1C[C@@H]2O. The summed E-state index contributed by atoms with van der Waals surface area (Å²) in [6.07, 6.45) is -8.92. The van der Waals surface area contributed by atoms with E-state index in [1.165, 1.54) is 52.0 Å². The van der Waals surface area contributed by atoms with Gasteiger partial charge in [0, 0.05) is 89.7 Å². The van der Waals surface area contributed by atoms with E-state index in [-0.39, 0.29) is 92.8 Å². The molecule has 3 heterocycles. The standard InChI is InChI=1S/C81H97N5O23/c1-50-60(47-81(99)73(108-76(97)55-25-14-9-15-26-55)71-79(6,61(89)46-62-80(71,49-104-62)109-52(3)88)72(94)69(105-51(2)87)67(50)78(81,4)5)106-77(98)70(68(53-21-10-7-11-22-53)85-74(95)54-23-12-8-13-24-54)107-66(93)31-30-64(90)84-34-18-36-100-39-41-102-42-40-101-37-20-35-86-48-58-44-59(103-38-19-33-83-63-27-16-17-32-82-63)29-28-56(58)43-57(75(86)96)45-65(91)92/h7-17,21-29,32,44,57,60-62,68-71,73,89,99H,18-20,30-31,33-43,45-49H2,1-6H3,(H,82,83)(H,84,90)(H,85,95)(H,91,92)/t57?,60-,61-,62+,68-,69+,70+,71-,73-,79+,80-,81+/m0/s1. The summed E-state index contributed by atoms with van der Waals surface area (Å²) in [6, 6.07) is 33.6. The molecule has 10 rings (SSSR count). The first-order chi connectivity index (χ1) is 52.2. The fraction of sp³-hybridized carbons (Fsp3) is 0.494. The van der Waals surface area contributed by atoms with Crippen molar-refractivity contribution >= 4 is 65.1 Å². The first-order valence-electron chi connectivity index (χ1n) is 36.9. The van der Waals surface area contributed by atoms with Crippen LogP contribution in [0.4, 0.5) is 5.82 Å². The Hall–Kier alpha value is -9.97. The van der Waals surface area contributed by atoms with E-state index < -0.39 is 149 Å². The van der Waals surface area contributed by atoms with Crippen LogP contribution in [0, 0.1) is 22.7 Å². The maximum atomic E-state index is 15.9. The van der Waals surface area contributed by atoms with Crippen molar-refractivity contribution in [3.8, 4) is 5.75 Å². The van der Waals surface area contributed by atoms with Crippen LogP contribution in [0.1, 0.15) is 136 Å². The van der Waals surface area contributed by atoms with Crippen molar-refractivity contribution in [2.24, 2.45) is 22.7 Å². The van der Waals surface area contributed by atoms with E-state index in [1.54, 1.807) is 77.8 Å². The van der Waals surface area contributed by atoms with Crippen molar-refractivity contribution in [3.63, 3.8) is 0 Å². The largest absolute Gasteiger partial charge is 0.494 e. The van der Waals surface area contributed by atoms with Gasteiger partial charge in [0.1, 0.15) is 41.5 Å². The van der Waals surface area contributed by atoms with Crippen molar-refractivity contribution in [1.29, 1.82) is 0 Å². The van der Waals surface area contributed by atoms with Gasteiger partial charge in [-0.25, -0.2) is 14.6 Å². The van der Waals surface area contributed by atoms with Gasteiger partial charge >= 0.3 is 35.8 Å². The lowest BCUT2D eigenvalue weighted by Gasteiger charge is -2.67. The Bertz CT molecular complexity index is 4070. The second-order valence-corrected chi connectivity index (χ2v) is 28.7. The Kier molecular flexibility index (Phi) is 27.6. The van der Waals surface area contributed by atoms with Crippen LogP contribution in [0.2, 0.25) is 0 Å². The van der Waals surface area contributed by atoms with Crippen LogP contribution in [0.5, 0.6) is 5.75 Å². The molecule has 3 fully saturated rings. The highest BCUT2D eigenvalue weighted by Gasteiger charge is 2.78. The van der Waals surface area contributed by atoms with E-state index in [0.29, 0.717) is 57.9 Å². The number of carboxylic acid groups (broad SMARTS) is 1. The molecule has 2 saturated carbocycles. The van der Waals surface area contributed by atoms with Gasteiger partial charge in [-0.1, -0.05) is 92.7 Å². The Morgan fingerprint density at radius 2 is 1.38 bits per heavy atom. The average molecular weight is 1510 g/mol. The first kappa shape index (κ1) is 81.5. The Morgan fingerprint density at radius 1 is 0.725 bits per heavy atom. The van der Waals surface area contributed by atoms with Crippen molar-refractivity contribution in [1.82, 2.24) is 20.5 Å². The van der Waals surface area contributed by atoms with E-state index in [0.717, 1.165) is 37.2 Å². The number of ether oxygens (including phenoxy) is 10. The van der Waals surface area contributed by atoms with Gasteiger partial charge in [0.2, 0.25) is 17.9 Å². The van der Waals surface area contributed by atoms with Crippen LogP contribution in [0.3, 0.4) is 0 Å². The Morgan fingerprint density at radius 3 is 2.02 bits per heavy atom. The molecule has 1 unspecified atom stereocenters. The average Bonchev–Trinajstić information content (AvgIpc) is 0.772. The maximum Gasteiger partial charge on any atom is 0.350 e. The monoisotopic (exact) mass is 1510 g/mol. The molecule has 4 aromatic carbocycles. The van der Waals surface area contributed by atoms with Crippen molar-refractivity contribution in [3.05, 3.63) is 173 Å². The van der Waals surface area contributed by atoms with E-state index in [2.05, 4.69) is 20.9 Å². The molecular weight excluding hydrogens is 1410 g/mol. The number of nitrogens with zero attached hydrogens (tertiary/aromatic N) is 2. The number of carbonyl (C=O) groups is 10. The molecule has 3 amide bonds.